The Bertz CT molecular complexity index is 926. The Hall–Kier alpha value is -2.37. The average molecular weight is 572 g/mol. The van der Waals surface area contributed by atoms with Crippen LogP contribution in [0.2, 0.25) is 0 Å². The topological polar surface area (TPSA) is 83.8 Å². The van der Waals surface area contributed by atoms with E-state index in [2.05, 4.69) is 20.6 Å². The Morgan fingerprint density at radius 2 is 2.00 bits per heavy atom. The number of nitrogens with one attached hydrogen (secondary N) is 2. The van der Waals surface area contributed by atoms with Crippen LogP contribution in [0.3, 0.4) is 0 Å². The van der Waals surface area contributed by atoms with E-state index in [4.69, 9.17) is 9.73 Å². The fourth-order valence-electron chi connectivity index (χ4n) is 3.48. The maximum Gasteiger partial charge on any atom is 0.407 e. The molecular weight excluding hydrogens is 538 g/mol. The second kappa shape index (κ2) is 12.2. The summed E-state index contributed by atoms with van der Waals surface area (Å²) in [7, 11) is 0. The lowest BCUT2D eigenvalue weighted by Crippen LogP contribution is -2.44. The highest BCUT2D eigenvalue weighted by Gasteiger charge is 2.27. The van der Waals surface area contributed by atoms with Crippen LogP contribution in [0.25, 0.3) is 5.69 Å². The third-order valence-corrected chi connectivity index (χ3v) is 4.91. The molecule has 1 aliphatic rings. The Kier molecular flexibility index (Phi) is 9.93. The largest absolute Gasteiger partial charge is 0.444 e. The fourth-order valence-corrected chi connectivity index (χ4v) is 3.48. The van der Waals surface area contributed by atoms with Crippen molar-refractivity contribution in [2.45, 2.75) is 52.2 Å². The Balaban J connectivity index is 0.00000385. The molecule has 1 unspecified atom stereocenters. The number of guanidine groups is 1. The minimum absolute atomic E-state index is 0. The highest BCUT2D eigenvalue weighted by Crippen LogP contribution is 2.13. The zero-order valence-corrected chi connectivity index (χ0v) is 22.0. The molecule has 1 saturated heterocycles. The summed E-state index contributed by atoms with van der Waals surface area (Å²) in [5.74, 6) is 0.566. The zero-order chi connectivity index (χ0) is 23.1. The molecule has 0 aliphatic carbocycles. The number of benzene rings is 1. The molecule has 1 aromatic heterocycles. The number of aliphatic imine (C=N–C) groups is 1. The van der Waals surface area contributed by atoms with Gasteiger partial charge in [-0.25, -0.2) is 13.9 Å². The molecule has 1 fully saturated rings. The number of hydrogen-bond acceptors (Lipinski definition) is 4. The summed E-state index contributed by atoms with van der Waals surface area (Å²) in [6.07, 6.45) is 3.01. The molecule has 1 aromatic carbocycles. The van der Waals surface area contributed by atoms with Crippen LogP contribution in [0, 0.1) is 5.82 Å². The monoisotopic (exact) mass is 572 g/mol. The van der Waals surface area contributed by atoms with Crippen molar-refractivity contribution in [2.24, 2.45) is 4.99 Å². The van der Waals surface area contributed by atoms with Crippen LogP contribution < -0.4 is 10.6 Å². The molecule has 0 bridgehead atoms. The van der Waals surface area contributed by atoms with Crippen LogP contribution in [-0.4, -0.2) is 64.6 Å². The van der Waals surface area contributed by atoms with Crippen LogP contribution in [0.1, 0.15) is 39.8 Å². The van der Waals surface area contributed by atoms with Gasteiger partial charge < -0.3 is 20.3 Å². The Labute approximate surface area is 212 Å². The predicted octanol–water partition coefficient (Wildman–Crippen LogP) is 3.74. The van der Waals surface area contributed by atoms with E-state index in [0.717, 1.165) is 36.9 Å². The van der Waals surface area contributed by atoms with Gasteiger partial charge in [-0.1, -0.05) is 0 Å². The number of alkyl carbamates (subject to hydrolysis) is 1. The number of amides is 1. The smallest absolute Gasteiger partial charge is 0.407 e. The quantitative estimate of drug-likeness (QED) is 0.313. The first kappa shape index (κ1) is 26.9. The van der Waals surface area contributed by atoms with Gasteiger partial charge in [0.2, 0.25) is 0 Å². The molecule has 182 valence electrons. The number of nitrogens with zero attached hydrogens (tertiary/aromatic N) is 4. The first-order chi connectivity index (χ1) is 15.2. The molecule has 1 amide bonds. The first-order valence-corrected chi connectivity index (χ1v) is 11.1. The number of aromatic nitrogens is 2. The summed E-state index contributed by atoms with van der Waals surface area (Å²) >= 11 is 0. The number of halogens is 2. The molecule has 2 N–H and O–H groups in total. The zero-order valence-electron chi connectivity index (χ0n) is 19.7. The SMILES string of the molecule is CCNC(=NCCc1ccn(-c2ccc(F)cc2)n1)N1CCC(NC(=O)OC(C)(C)C)C1.I. The molecule has 33 heavy (non-hydrogen) atoms. The van der Waals surface area contributed by atoms with E-state index in [1.54, 1.807) is 16.8 Å². The van der Waals surface area contributed by atoms with Crippen LogP contribution in [0.4, 0.5) is 9.18 Å². The van der Waals surface area contributed by atoms with Gasteiger partial charge in [0, 0.05) is 38.8 Å². The molecule has 8 nitrogen and oxygen atoms in total. The van der Waals surface area contributed by atoms with Gasteiger partial charge in [0.05, 0.1) is 17.4 Å². The van der Waals surface area contributed by atoms with Gasteiger partial charge in [0.1, 0.15) is 11.4 Å². The van der Waals surface area contributed by atoms with Crippen molar-refractivity contribution in [2.75, 3.05) is 26.2 Å². The van der Waals surface area contributed by atoms with E-state index in [9.17, 15) is 9.18 Å². The summed E-state index contributed by atoms with van der Waals surface area (Å²) in [6, 6.07) is 8.21. The number of carbonyl (C=O) groups excluding carboxylic acids is 1. The standard InChI is InChI=1S/C23H33FN6O2.HI/c1-5-25-21(29-14-11-19(16-29)27-22(31)32-23(2,3)4)26-13-10-18-12-15-30(28-18)20-8-6-17(24)7-9-20;/h6-9,12,15,19H,5,10-11,13-14,16H2,1-4H3,(H,25,26)(H,27,31);1H. The molecule has 0 saturated carbocycles. The van der Waals surface area contributed by atoms with Crippen molar-refractivity contribution < 1.29 is 13.9 Å². The van der Waals surface area contributed by atoms with Crippen molar-refractivity contribution in [1.82, 2.24) is 25.3 Å². The van der Waals surface area contributed by atoms with E-state index in [-0.39, 0.29) is 41.9 Å². The van der Waals surface area contributed by atoms with Gasteiger partial charge in [0.25, 0.3) is 0 Å². The molecule has 10 heteroatoms. The van der Waals surface area contributed by atoms with Crippen LogP contribution in [-0.2, 0) is 11.2 Å². The van der Waals surface area contributed by atoms with Crippen LogP contribution >= 0.6 is 24.0 Å². The van der Waals surface area contributed by atoms with Gasteiger partial charge in [-0.15, -0.1) is 24.0 Å². The molecule has 2 aromatic rings. The summed E-state index contributed by atoms with van der Waals surface area (Å²) in [5.41, 5.74) is 1.22. The van der Waals surface area contributed by atoms with Crippen molar-refractivity contribution in [1.29, 1.82) is 0 Å². The molecular formula is C23H34FIN6O2. The third kappa shape index (κ3) is 8.49. The molecule has 2 heterocycles. The van der Waals surface area contributed by atoms with E-state index in [0.29, 0.717) is 19.5 Å². The lowest BCUT2D eigenvalue weighted by atomic mass is 10.2. The van der Waals surface area contributed by atoms with Crippen molar-refractivity contribution in [3.8, 4) is 5.69 Å². The third-order valence-electron chi connectivity index (χ3n) is 4.91. The van der Waals surface area contributed by atoms with E-state index in [1.807, 2.05) is 40.0 Å². The van der Waals surface area contributed by atoms with Crippen molar-refractivity contribution in [3.05, 3.63) is 48.0 Å². The minimum atomic E-state index is -0.511. The van der Waals surface area contributed by atoms with Crippen LogP contribution in [0.5, 0.6) is 0 Å². The second-order valence-corrected chi connectivity index (χ2v) is 8.79. The molecule has 0 spiro atoms. The average Bonchev–Trinajstić information content (AvgIpc) is 3.36. The predicted molar refractivity (Wildman–Crippen MR) is 138 cm³/mol. The van der Waals surface area contributed by atoms with E-state index in [1.165, 1.54) is 12.1 Å². The molecule has 1 atom stereocenters. The maximum atomic E-state index is 13.1. The lowest BCUT2D eigenvalue weighted by Gasteiger charge is -2.23. The normalized spacial score (nSPS) is 16.3. The number of likely N-dealkylation sites (tertiary alicyclic amines) is 1. The highest BCUT2D eigenvalue weighted by molar-refractivity contribution is 14.0. The summed E-state index contributed by atoms with van der Waals surface area (Å²) < 4.78 is 20.2. The summed E-state index contributed by atoms with van der Waals surface area (Å²) in [5, 5.41) is 10.8. The van der Waals surface area contributed by atoms with Crippen LogP contribution in [0.15, 0.2) is 41.5 Å². The van der Waals surface area contributed by atoms with E-state index < -0.39 is 5.60 Å². The molecule has 0 radical (unpaired) electrons. The Morgan fingerprint density at radius 3 is 2.67 bits per heavy atom. The Morgan fingerprint density at radius 1 is 1.27 bits per heavy atom. The van der Waals surface area contributed by atoms with E-state index >= 15 is 0 Å². The number of carbonyl (C=O) groups is 1. The minimum Gasteiger partial charge on any atom is -0.444 e. The molecule has 1 aliphatic heterocycles. The van der Waals surface area contributed by atoms with Gasteiger partial charge in [-0.3, -0.25) is 4.99 Å². The van der Waals surface area contributed by atoms with Crippen molar-refractivity contribution in [3.63, 3.8) is 0 Å². The van der Waals surface area contributed by atoms with Crippen molar-refractivity contribution >= 4 is 36.0 Å². The second-order valence-electron chi connectivity index (χ2n) is 8.79. The lowest BCUT2D eigenvalue weighted by molar-refractivity contribution is 0.0507. The van der Waals surface area contributed by atoms with Gasteiger partial charge in [-0.05, 0) is 64.4 Å². The first-order valence-electron chi connectivity index (χ1n) is 11.1. The van der Waals surface area contributed by atoms with Gasteiger partial charge in [-0.2, -0.15) is 5.10 Å². The molecule has 3 rings (SSSR count). The summed E-state index contributed by atoms with van der Waals surface area (Å²) in [6.45, 7) is 10.4. The number of rotatable bonds is 6. The van der Waals surface area contributed by atoms with Gasteiger partial charge in [0.15, 0.2) is 5.96 Å². The maximum absolute atomic E-state index is 13.1. The van der Waals surface area contributed by atoms with Gasteiger partial charge >= 0.3 is 6.09 Å². The summed E-state index contributed by atoms with van der Waals surface area (Å²) in [4.78, 5) is 18.9. The number of hydrogen-bond donors (Lipinski definition) is 2. The fraction of sp³-hybridized carbons (Fsp3) is 0.522. The highest BCUT2D eigenvalue weighted by atomic mass is 127. The number of ether oxygens (including phenoxy) is 1.